The maximum absolute atomic E-state index is 5.71. The number of benzene rings is 1. The summed E-state index contributed by atoms with van der Waals surface area (Å²) >= 11 is 5.57. The van der Waals surface area contributed by atoms with E-state index in [1.165, 1.54) is 0 Å². The van der Waals surface area contributed by atoms with Crippen LogP contribution in [0.1, 0.15) is 25.8 Å². The zero-order chi connectivity index (χ0) is 13.9. The molecule has 19 heavy (non-hydrogen) atoms. The van der Waals surface area contributed by atoms with Gasteiger partial charge in [0.1, 0.15) is 12.4 Å². The summed E-state index contributed by atoms with van der Waals surface area (Å²) < 4.78 is 5.71. The SMILES string of the molecule is CCN(CC)CCOc1ccc(C#CCCCl)cc1. The minimum atomic E-state index is 0.583. The number of rotatable bonds is 7. The second kappa shape index (κ2) is 9.72. The zero-order valence-electron chi connectivity index (χ0n) is 11.8. The van der Waals surface area contributed by atoms with Crippen LogP contribution in [0.15, 0.2) is 24.3 Å². The average molecular weight is 280 g/mol. The Kier molecular flexibility index (Phi) is 8.13. The van der Waals surface area contributed by atoms with Crippen molar-refractivity contribution >= 4 is 11.6 Å². The van der Waals surface area contributed by atoms with Gasteiger partial charge in [0.25, 0.3) is 0 Å². The van der Waals surface area contributed by atoms with Crippen molar-refractivity contribution in [3.8, 4) is 17.6 Å². The summed E-state index contributed by atoms with van der Waals surface area (Å²) in [5.74, 6) is 7.56. The molecule has 0 saturated heterocycles. The van der Waals surface area contributed by atoms with Gasteiger partial charge in [-0.15, -0.1) is 11.6 Å². The van der Waals surface area contributed by atoms with E-state index >= 15 is 0 Å². The summed E-state index contributed by atoms with van der Waals surface area (Å²) in [6.07, 6.45) is 0.726. The first kappa shape index (κ1) is 15.9. The Morgan fingerprint density at radius 3 is 2.42 bits per heavy atom. The van der Waals surface area contributed by atoms with E-state index < -0.39 is 0 Å². The van der Waals surface area contributed by atoms with E-state index in [1.54, 1.807) is 0 Å². The number of hydrogen-bond donors (Lipinski definition) is 0. The van der Waals surface area contributed by atoms with Crippen molar-refractivity contribution in [1.82, 2.24) is 4.90 Å². The molecule has 0 bridgehead atoms. The molecule has 1 rings (SSSR count). The van der Waals surface area contributed by atoms with Crippen LogP contribution in [0.2, 0.25) is 0 Å². The number of alkyl halides is 1. The third-order valence-corrected chi connectivity index (χ3v) is 3.07. The lowest BCUT2D eigenvalue weighted by Crippen LogP contribution is -2.27. The summed E-state index contributed by atoms with van der Waals surface area (Å²) in [4.78, 5) is 2.34. The first-order valence-electron chi connectivity index (χ1n) is 6.80. The summed E-state index contributed by atoms with van der Waals surface area (Å²) in [7, 11) is 0. The van der Waals surface area contributed by atoms with Crippen LogP contribution in [0.4, 0.5) is 0 Å². The van der Waals surface area contributed by atoms with Crippen molar-refractivity contribution in [1.29, 1.82) is 0 Å². The lowest BCUT2D eigenvalue weighted by molar-refractivity contribution is 0.223. The first-order valence-corrected chi connectivity index (χ1v) is 7.33. The van der Waals surface area contributed by atoms with Gasteiger partial charge in [0.2, 0.25) is 0 Å². The van der Waals surface area contributed by atoms with Gasteiger partial charge in [0.05, 0.1) is 0 Å². The highest BCUT2D eigenvalue weighted by molar-refractivity contribution is 6.18. The molecule has 104 valence electrons. The van der Waals surface area contributed by atoms with Gasteiger partial charge in [-0.05, 0) is 37.4 Å². The average Bonchev–Trinajstić information content (AvgIpc) is 2.45. The van der Waals surface area contributed by atoms with Crippen molar-refractivity contribution in [3.05, 3.63) is 29.8 Å². The maximum atomic E-state index is 5.71. The summed E-state index contributed by atoms with van der Waals surface area (Å²) in [5, 5.41) is 0. The van der Waals surface area contributed by atoms with Crippen molar-refractivity contribution in [3.63, 3.8) is 0 Å². The summed E-state index contributed by atoms with van der Waals surface area (Å²) in [6.45, 7) is 8.14. The molecule has 0 aliphatic rings. The fourth-order valence-corrected chi connectivity index (χ4v) is 1.77. The molecular weight excluding hydrogens is 258 g/mol. The Morgan fingerprint density at radius 2 is 1.84 bits per heavy atom. The van der Waals surface area contributed by atoms with E-state index in [9.17, 15) is 0 Å². The van der Waals surface area contributed by atoms with Gasteiger partial charge in [0, 0.05) is 24.4 Å². The van der Waals surface area contributed by atoms with Gasteiger partial charge in [-0.1, -0.05) is 25.7 Å². The van der Waals surface area contributed by atoms with Gasteiger partial charge < -0.3 is 9.64 Å². The van der Waals surface area contributed by atoms with Crippen LogP contribution in [-0.4, -0.2) is 37.0 Å². The molecule has 1 aromatic rings. The van der Waals surface area contributed by atoms with Crippen LogP contribution >= 0.6 is 11.6 Å². The standard InChI is InChI=1S/C16H22ClNO/c1-3-18(4-2)13-14-19-16-10-8-15(9-11-16)7-5-6-12-17/h8-11H,3-4,6,12-14H2,1-2H3. The molecule has 0 saturated carbocycles. The third-order valence-electron chi connectivity index (χ3n) is 2.88. The van der Waals surface area contributed by atoms with E-state index in [4.69, 9.17) is 16.3 Å². The Morgan fingerprint density at radius 1 is 1.16 bits per heavy atom. The minimum absolute atomic E-state index is 0.583. The van der Waals surface area contributed by atoms with Crippen LogP contribution in [0, 0.1) is 11.8 Å². The van der Waals surface area contributed by atoms with E-state index in [1.807, 2.05) is 24.3 Å². The number of halogens is 1. The lowest BCUT2D eigenvalue weighted by Gasteiger charge is -2.17. The monoisotopic (exact) mass is 279 g/mol. The Labute approximate surface area is 121 Å². The molecule has 0 aliphatic carbocycles. The molecule has 3 heteroatoms. The molecule has 0 spiro atoms. The number of likely N-dealkylation sites (N-methyl/N-ethyl adjacent to an activating group) is 1. The fraction of sp³-hybridized carbons (Fsp3) is 0.500. The molecule has 0 fully saturated rings. The molecule has 2 nitrogen and oxygen atoms in total. The predicted octanol–water partition coefficient (Wildman–Crippen LogP) is 3.39. The molecule has 0 amide bonds. The summed E-state index contributed by atoms with van der Waals surface area (Å²) in [5.41, 5.74) is 1.00. The van der Waals surface area contributed by atoms with Crippen LogP contribution in [0.5, 0.6) is 5.75 Å². The van der Waals surface area contributed by atoms with E-state index in [0.29, 0.717) is 5.88 Å². The minimum Gasteiger partial charge on any atom is -0.492 e. The Hall–Kier alpha value is -1.17. The Bertz CT molecular complexity index is 401. The normalized spacial score (nSPS) is 10.1. The summed E-state index contributed by atoms with van der Waals surface area (Å²) in [6, 6.07) is 7.89. The molecule has 0 N–H and O–H groups in total. The quantitative estimate of drug-likeness (QED) is 0.560. The molecule has 0 atom stereocenters. The fourth-order valence-electron chi connectivity index (χ4n) is 1.68. The lowest BCUT2D eigenvalue weighted by atomic mass is 10.2. The number of ether oxygens (including phenoxy) is 1. The third kappa shape index (κ3) is 6.52. The molecule has 0 unspecified atom stereocenters. The van der Waals surface area contributed by atoms with Crippen LogP contribution in [-0.2, 0) is 0 Å². The predicted molar refractivity (Wildman–Crippen MR) is 81.9 cm³/mol. The molecule has 0 aromatic heterocycles. The van der Waals surface area contributed by atoms with Crippen molar-refractivity contribution in [2.45, 2.75) is 20.3 Å². The van der Waals surface area contributed by atoms with Crippen molar-refractivity contribution in [2.24, 2.45) is 0 Å². The van der Waals surface area contributed by atoms with Gasteiger partial charge in [-0.3, -0.25) is 0 Å². The molecular formula is C16H22ClNO. The highest BCUT2D eigenvalue weighted by atomic mass is 35.5. The maximum Gasteiger partial charge on any atom is 0.119 e. The van der Waals surface area contributed by atoms with Crippen LogP contribution in [0.3, 0.4) is 0 Å². The molecule has 0 radical (unpaired) electrons. The van der Waals surface area contributed by atoms with E-state index in [2.05, 4.69) is 30.6 Å². The number of nitrogens with zero attached hydrogens (tertiary/aromatic N) is 1. The van der Waals surface area contributed by atoms with Crippen molar-refractivity contribution < 1.29 is 4.74 Å². The largest absolute Gasteiger partial charge is 0.492 e. The highest BCUT2D eigenvalue weighted by Gasteiger charge is 1.99. The zero-order valence-corrected chi connectivity index (χ0v) is 12.5. The van der Waals surface area contributed by atoms with Crippen LogP contribution < -0.4 is 4.74 Å². The van der Waals surface area contributed by atoms with E-state index in [-0.39, 0.29) is 0 Å². The molecule has 1 aromatic carbocycles. The second-order valence-electron chi connectivity index (χ2n) is 4.14. The Balaban J connectivity index is 2.38. The van der Waals surface area contributed by atoms with Gasteiger partial charge in [-0.2, -0.15) is 0 Å². The molecule has 0 heterocycles. The topological polar surface area (TPSA) is 12.5 Å². The highest BCUT2D eigenvalue weighted by Crippen LogP contribution is 2.11. The van der Waals surface area contributed by atoms with Gasteiger partial charge in [0.15, 0.2) is 0 Å². The smallest absolute Gasteiger partial charge is 0.119 e. The van der Waals surface area contributed by atoms with Gasteiger partial charge >= 0.3 is 0 Å². The molecule has 0 aliphatic heterocycles. The van der Waals surface area contributed by atoms with E-state index in [0.717, 1.165) is 44.0 Å². The van der Waals surface area contributed by atoms with Crippen LogP contribution in [0.25, 0.3) is 0 Å². The second-order valence-corrected chi connectivity index (χ2v) is 4.52. The van der Waals surface area contributed by atoms with Gasteiger partial charge in [-0.25, -0.2) is 0 Å². The number of hydrogen-bond acceptors (Lipinski definition) is 2. The van der Waals surface area contributed by atoms with Crippen molar-refractivity contribution in [2.75, 3.05) is 32.1 Å². The first-order chi connectivity index (χ1) is 9.30.